The molecular formula is C14H20F2N2O2S2. The van der Waals surface area contributed by atoms with E-state index in [4.69, 9.17) is 0 Å². The van der Waals surface area contributed by atoms with Crippen LogP contribution in [-0.2, 0) is 10.0 Å². The molecule has 1 aromatic rings. The summed E-state index contributed by atoms with van der Waals surface area (Å²) in [5.41, 5.74) is 0. The summed E-state index contributed by atoms with van der Waals surface area (Å²) < 4.78 is 54.2. The quantitative estimate of drug-likeness (QED) is 0.833. The van der Waals surface area contributed by atoms with Gasteiger partial charge in [-0.2, -0.15) is 16.1 Å². The number of halogens is 2. The minimum atomic E-state index is -4.05. The molecule has 1 heterocycles. The first-order valence-corrected chi connectivity index (χ1v) is 9.61. The fourth-order valence-electron chi connectivity index (χ4n) is 2.49. The van der Waals surface area contributed by atoms with Gasteiger partial charge < -0.3 is 4.90 Å². The number of sulfonamides is 1. The van der Waals surface area contributed by atoms with Gasteiger partial charge in [-0.15, -0.1) is 0 Å². The third-order valence-corrected chi connectivity index (χ3v) is 6.61. The van der Waals surface area contributed by atoms with Crippen LogP contribution in [0.15, 0.2) is 23.1 Å². The topological polar surface area (TPSA) is 40.6 Å². The Morgan fingerprint density at radius 3 is 2.77 bits per heavy atom. The van der Waals surface area contributed by atoms with E-state index in [9.17, 15) is 17.2 Å². The summed E-state index contributed by atoms with van der Waals surface area (Å²) in [5, 5.41) is 0. The molecule has 1 saturated heterocycles. The van der Waals surface area contributed by atoms with Crippen LogP contribution in [0.25, 0.3) is 0 Å². The molecule has 4 nitrogen and oxygen atoms in total. The van der Waals surface area contributed by atoms with Crippen LogP contribution < -0.4 is 0 Å². The maximum absolute atomic E-state index is 13.9. The second kappa shape index (κ2) is 7.25. The third-order valence-electron chi connectivity index (χ3n) is 3.44. The lowest BCUT2D eigenvalue weighted by Crippen LogP contribution is -2.46. The first kappa shape index (κ1) is 17.7. The summed E-state index contributed by atoms with van der Waals surface area (Å²) in [4.78, 5) is 1.32. The average Bonchev–Trinajstić information content (AvgIpc) is 2.66. The van der Waals surface area contributed by atoms with Crippen molar-refractivity contribution in [1.82, 2.24) is 9.21 Å². The van der Waals surface area contributed by atoms with Crippen LogP contribution in [0, 0.1) is 11.6 Å². The Labute approximate surface area is 134 Å². The van der Waals surface area contributed by atoms with Crippen LogP contribution in [-0.4, -0.2) is 62.4 Å². The van der Waals surface area contributed by atoms with Gasteiger partial charge in [0.2, 0.25) is 10.0 Å². The number of benzene rings is 1. The van der Waals surface area contributed by atoms with Crippen molar-refractivity contribution in [2.24, 2.45) is 0 Å². The van der Waals surface area contributed by atoms with E-state index in [1.54, 1.807) is 11.8 Å². The van der Waals surface area contributed by atoms with Gasteiger partial charge in [0.15, 0.2) is 0 Å². The maximum atomic E-state index is 13.9. The smallest absolute Gasteiger partial charge is 0.246 e. The van der Waals surface area contributed by atoms with E-state index >= 15 is 0 Å². The molecule has 1 atom stereocenters. The molecule has 22 heavy (non-hydrogen) atoms. The molecule has 0 radical (unpaired) electrons. The van der Waals surface area contributed by atoms with E-state index in [1.165, 1.54) is 4.31 Å². The van der Waals surface area contributed by atoms with Gasteiger partial charge in [0.1, 0.15) is 16.5 Å². The molecular weight excluding hydrogens is 330 g/mol. The first-order valence-electron chi connectivity index (χ1n) is 7.01. The number of hydrogen-bond acceptors (Lipinski definition) is 4. The Kier molecular flexibility index (Phi) is 5.81. The molecule has 1 aliphatic heterocycles. The van der Waals surface area contributed by atoms with Crippen molar-refractivity contribution in [3.05, 3.63) is 29.8 Å². The summed E-state index contributed by atoms with van der Waals surface area (Å²) in [5.74, 6) is -0.161. The highest BCUT2D eigenvalue weighted by atomic mass is 32.2. The van der Waals surface area contributed by atoms with Crippen molar-refractivity contribution in [2.45, 2.75) is 17.4 Å². The molecule has 1 aliphatic rings. The van der Waals surface area contributed by atoms with Gasteiger partial charge in [-0.3, -0.25) is 0 Å². The van der Waals surface area contributed by atoms with E-state index in [1.807, 2.05) is 19.0 Å². The summed E-state index contributed by atoms with van der Waals surface area (Å²) in [7, 11) is -0.327. The van der Waals surface area contributed by atoms with E-state index in [2.05, 4.69) is 0 Å². The Morgan fingerprint density at radius 1 is 1.36 bits per heavy atom. The van der Waals surface area contributed by atoms with E-state index in [0.717, 1.165) is 24.0 Å². The number of thioether (sulfide) groups is 1. The average molecular weight is 350 g/mol. The second-order valence-corrected chi connectivity index (χ2v) is 8.54. The first-order chi connectivity index (χ1) is 10.3. The van der Waals surface area contributed by atoms with E-state index in [-0.39, 0.29) is 6.04 Å². The zero-order valence-electron chi connectivity index (χ0n) is 12.6. The Bertz CT molecular complexity index is 623. The Hall–Kier alpha value is -0.700. The SMILES string of the molecule is CN(C)CC1CSCCCN1S(=O)(=O)c1cc(F)ccc1F. The monoisotopic (exact) mass is 350 g/mol. The van der Waals surface area contributed by atoms with Gasteiger partial charge in [0, 0.05) is 24.9 Å². The van der Waals surface area contributed by atoms with Crippen molar-refractivity contribution < 1.29 is 17.2 Å². The Morgan fingerprint density at radius 2 is 2.09 bits per heavy atom. The minimum absolute atomic E-state index is 0.254. The van der Waals surface area contributed by atoms with Crippen LogP contribution >= 0.6 is 11.8 Å². The fourth-order valence-corrected chi connectivity index (χ4v) is 5.37. The molecule has 8 heteroatoms. The Balaban J connectivity index is 2.41. The standard InChI is InChI=1S/C14H20F2N2O2S2/c1-17(2)9-12-10-21-7-3-6-18(12)22(19,20)14-8-11(15)4-5-13(14)16/h4-5,8,12H,3,6-7,9-10H2,1-2H3. The number of hydrogen-bond donors (Lipinski definition) is 0. The molecule has 0 bridgehead atoms. The zero-order valence-corrected chi connectivity index (χ0v) is 14.3. The van der Waals surface area contributed by atoms with Crippen LogP contribution in [0.4, 0.5) is 8.78 Å². The summed E-state index contributed by atoms with van der Waals surface area (Å²) in [6, 6.07) is 2.28. The van der Waals surface area contributed by atoms with Crippen molar-refractivity contribution >= 4 is 21.8 Å². The van der Waals surface area contributed by atoms with Crippen molar-refractivity contribution in [3.63, 3.8) is 0 Å². The number of nitrogens with zero attached hydrogens (tertiary/aromatic N) is 2. The van der Waals surface area contributed by atoms with Crippen molar-refractivity contribution in [3.8, 4) is 0 Å². The molecule has 1 unspecified atom stereocenters. The van der Waals surface area contributed by atoms with Gasteiger partial charge in [-0.1, -0.05) is 0 Å². The van der Waals surface area contributed by atoms with Crippen LogP contribution in [0.2, 0.25) is 0 Å². The van der Waals surface area contributed by atoms with Crippen molar-refractivity contribution in [2.75, 3.05) is 38.7 Å². The predicted molar refractivity (Wildman–Crippen MR) is 84.5 cm³/mol. The lowest BCUT2D eigenvalue weighted by atomic mass is 10.3. The lowest BCUT2D eigenvalue weighted by Gasteiger charge is -2.30. The molecule has 2 rings (SSSR count). The highest BCUT2D eigenvalue weighted by Gasteiger charge is 2.34. The van der Waals surface area contributed by atoms with Crippen LogP contribution in [0.5, 0.6) is 0 Å². The molecule has 0 aliphatic carbocycles. The number of rotatable bonds is 4. The minimum Gasteiger partial charge on any atom is -0.308 e. The van der Waals surface area contributed by atoms with Crippen molar-refractivity contribution in [1.29, 1.82) is 0 Å². The molecule has 0 saturated carbocycles. The highest BCUT2D eigenvalue weighted by molar-refractivity contribution is 7.99. The molecule has 0 N–H and O–H groups in total. The summed E-state index contributed by atoms with van der Waals surface area (Å²) >= 11 is 1.69. The van der Waals surface area contributed by atoms with E-state index in [0.29, 0.717) is 25.3 Å². The predicted octanol–water partition coefficient (Wildman–Crippen LogP) is 2.02. The normalized spacial score (nSPS) is 21.0. The zero-order chi connectivity index (χ0) is 16.3. The molecule has 0 spiro atoms. The summed E-state index contributed by atoms with van der Waals surface area (Å²) in [6.07, 6.45) is 0.699. The lowest BCUT2D eigenvalue weighted by molar-refractivity contribution is 0.270. The fraction of sp³-hybridized carbons (Fsp3) is 0.571. The van der Waals surface area contributed by atoms with E-state index < -0.39 is 26.6 Å². The van der Waals surface area contributed by atoms with Crippen LogP contribution in [0.1, 0.15) is 6.42 Å². The van der Waals surface area contributed by atoms with Crippen LogP contribution in [0.3, 0.4) is 0 Å². The number of likely N-dealkylation sites (N-methyl/N-ethyl adjacent to an activating group) is 1. The molecule has 0 amide bonds. The van der Waals surface area contributed by atoms with Gasteiger partial charge in [-0.05, 0) is 44.5 Å². The van der Waals surface area contributed by atoms with Gasteiger partial charge in [0.25, 0.3) is 0 Å². The molecule has 0 aromatic heterocycles. The maximum Gasteiger partial charge on any atom is 0.246 e. The summed E-state index contributed by atoms with van der Waals surface area (Å²) in [6.45, 7) is 0.868. The highest BCUT2D eigenvalue weighted by Crippen LogP contribution is 2.26. The van der Waals surface area contributed by atoms with Gasteiger partial charge >= 0.3 is 0 Å². The largest absolute Gasteiger partial charge is 0.308 e. The molecule has 124 valence electrons. The second-order valence-electron chi connectivity index (χ2n) is 5.54. The van der Waals surface area contributed by atoms with Gasteiger partial charge in [0.05, 0.1) is 0 Å². The molecule has 1 aromatic carbocycles. The third kappa shape index (κ3) is 3.98. The molecule has 1 fully saturated rings. The van der Waals surface area contributed by atoms with Gasteiger partial charge in [-0.25, -0.2) is 17.2 Å².